The number of piperidine rings is 1. The predicted molar refractivity (Wildman–Crippen MR) is 164 cm³/mol. The van der Waals surface area contributed by atoms with Crippen LogP contribution in [-0.2, 0) is 4.74 Å². The minimum atomic E-state index is -0.177. The average molecular weight is 570 g/mol. The van der Waals surface area contributed by atoms with Crippen molar-refractivity contribution in [3.8, 4) is 5.69 Å². The molecule has 0 radical (unpaired) electrons. The first kappa shape index (κ1) is 27.5. The quantitative estimate of drug-likeness (QED) is 0.290. The molecule has 2 saturated heterocycles. The zero-order valence-corrected chi connectivity index (χ0v) is 24.3. The van der Waals surface area contributed by atoms with Gasteiger partial charge in [0, 0.05) is 42.1 Å². The van der Waals surface area contributed by atoms with Crippen molar-refractivity contribution in [1.82, 2.24) is 14.7 Å². The normalized spacial score (nSPS) is 19.7. The second-order valence-electron chi connectivity index (χ2n) is 10.9. The minimum Gasteiger partial charge on any atom is -0.379 e. The van der Waals surface area contributed by atoms with Crippen LogP contribution in [0, 0.1) is 13.8 Å². The van der Waals surface area contributed by atoms with E-state index in [1.165, 1.54) is 11.3 Å². The number of nitrogens with one attached hydrogen (secondary N) is 1. The molecular weight excluding hydrogens is 534 g/mol. The second-order valence-corrected chi connectivity index (χ2v) is 11.4. The first-order chi connectivity index (χ1) is 20.0. The molecule has 41 heavy (non-hydrogen) atoms. The van der Waals surface area contributed by atoms with Gasteiger partial charge in [-0.05, 0) is 80.3 Å². The summed E-state index contributed by atoms with van der Waals surface area (Å²) in [6, 6.07) is 25.3. The van der Waals surface area contributed by atoms with Gasteiger partial charge in [-0.15, -0.1) is 0 Å². The first-order valence-corrected chi connectivity index (χ1v) is 14.7. The Bertz CT molecular complexity index is 1500. The Morgan fingerprint density at radius 1 is 0.976 bits per heavy atom. The van der Waals surface area contributed by atoms with Crippen LogP contribution in [-0.4, -0.2) is 59.5 Å². The Balaban J connectivity index is 1.20. The fourth-order valence-corrected chi connectivity index (χ4v) is 6.36. The molecule has 0 aliphatic carbocycles. The molecule has 2 fully saturated rings. The summed E-state index contributed by atoms with van der Waals surface area (Å²) in [5.41, 5.74) is 6.63. The number of halogens is 1. The Kier molecular flexibility index (Phi) is 8.10. The summed E-state index contributed by atoms with van der Waals surface area (Å²) < 4.78 is 7.37. The highest BCUT2D eigenvalue weighted by atomic mass is 35.5. The summed E-state index contributed by atoms with van der Waals surface area (Å²) in [5.74, 6) is -0.177. The lowest BCUT2D eigenvalue weighted by atomic mass is 9.89. The van der Waals surface area contributed by atoms with Gasteiger partial charge in [0.25, 0.3) is 5.91 Å². The Hall–Kier alpha value is -3.65. The van der Waals surface area contributed by atoms with Gasteiger partial charge in [-0.2, -0.15) is 5.10 Å². The van der Waals surface area contributed by atoms with Crippen LogP contribution in [0.4, 0.5) is 11.4 Å². The van der Waals surface area contributed by atoms with Gasteiger partial charge in [-0.25, -0.2) is 4.68 Å². The van der Waals surface area contributed by atoms with Crippen LogP contribution in [0.25, 0.3) is 5.69 Å². The van der Waals surface area contributed by atoms with E-state index in [9.17, 15) is 4.79 Å². The molecule has 0 saturated carbocycles. The molecule has 2 aliphatic rings. The molecule has 7 nitrogen and oxygen atoms in total. The molecule has 0 spiro atoms. The maximum absolute atomic E-state index is 13.2. The average Bonchev–Trinajstić information content (AvgIpc) is 3.39. The second kappa shape index (κ2) is 12.1. The fourth-order valence-electron chi connectivity index (χ4n) is 6.23. The van der Waals surface area contributed by atoms with Crippen molar-refractivity contribution in [2.75, 3.05) is 43.1 Å². The van der Waals surface area contributed by atoms with Gasteiger partial charge in [0.05, 0.1) is 42.4 Å². The number of nitrogens with zero attached hydrogens (tertiary/aromatic N) is 4. The number of rotatable bonds is 6. The lowest BCUT2D eigenvalue weighted by Crippen LogP contribution is -2.50. The van der Waals surface area contributed by atoms with Crippen LogP contribution in [0.15, 0.2) is 79.0 Å². The van der Waals surface area contributed by atoms with Crippen molar-refractivity contribution >= 4 is 28.9 Å². The molecule has 1 N–H and O–H groups in total. The highest BCUT2D eigenvalue weighted by Gasteiger charge is 2.34. The van der Waals surface area contributed by atoms with Gasteiger partial charge in [-0.3, -0.25) is 9.69 Å². The predicted octanol–water partition coefficient (Wildman–Crippen LogP) is 6.44. The van der Waals surface area contributed by atoms with E-state index in [1.54, 1.807) is 10.9 Å². The van der Waals surface area contributed by atoms with Crippen LogP contribution in [0.5, 0.6) is 0 Å². The lowest BCUT2D eigenvalue weighted by Gasteiger charge is -2.46. The summed E-state index contributed by atoms with van der Waals surface area (Å²) in [7, 11) is 0. The minimum absolute atomic E-state index is 0.177. The molecule has 3 heterocycles. The molecule has 2 atom stereocenters. The SMILES string of the molecule is Cc1cc(NC(=O)c2cnn(-c3ccc(Cl)cc3)c2C)ccc1N1CCC(N2CCOCC2)CC1c1ccccc1. The number of aromatic nitrogens is 2. The molecule has 3 aromatic carbocycles. The van der Waals surface area contributed by atoms with Crippen molar-refractivity contribution in [3.05, 3.63) is 106 Å². The third-order valence-corrected chi connectivity index (χ3v) is 8.66. The number of hydrogen-bond acceptors (Lipinski definition) is 5. The van der Waals surface area contributed by atoms with Crippen molar-refractivity contribution < 1.29 is 9.53 Å². The number of anilines is 2. The topological polar surface area (TPSA) is 62.6 Å². The summed E-state index contributed by atoms with van der Waals surface area (Å²) in [6.07, 6.45) is 3.82. The Labute approximate surface area is 246 Å². The maximum atomic E-state index is 13.2. The highest BCUT2D eigenvalue weighted by molar-refractivity contribution is 6.30. The number of carbonyl (C=O) groups excluding carboxylic acids is 1. The number of benzene rings is 3. The number of amides is 1. The Morgan fingerprint density at radius 3 is 2.46 bits per heavy atom. The van der Waals surface area contributed by atoms with Crippen LogP contribution in [0.3, 0.4) is 0 Å². The number of carbonyl (C=O) groups is 1. The van der Waals surface area contributed by atoms with E-state index >= 15 is 0 Å². The monoisotopic (exact) mass is 569 g/mol. The molecule has 1 amide bonds. The van der Waals surface area contributed by atoms with Crippen LogP contribution < -0.4 is 10.2 Å². The van der Waals surface area contributed by atoms with Crippen molar-refractivity contribution in [1.29, 1.82) is 0 Å². The molecule has 4 aromatic rings. The smallest absolute Gasteiger partial charge is 0.259 e. The largest absolute Gasteiger partial charge is 0.379 e. The van der Waals surface area contributed by atoms with Gasteiger partial charge >= 0.3 is 0 Å². The zero-order valence-electron chi connectivity index (χ0n) is 23.6. The third kappa shape index (κ3) is 5.89. The molecular formula is C33H36ClN5O2. The van der Waals surface area contributed by atoms with E-state index in [1.807, 2.05) is 37.3 Å². The molecule has 212 valence electrons. The molecule has 0 bridgehead atoms. The highest BCUT2D eigenvalue weighted by Crippen LogP contribution is 2.39. The maximum Gasteiger partial charge on any atom is 0.259 e. The molecule has 8 heteroatoms. The number of hydrogen-bond donors (Lipinski definition) is 1. The van der Waals surface area contributed by atoms with E-state index in [0.29, 0.717) is 22.7 Å². The third-order valence-electron chi connectivity index (χ3n) is 8.41. The van der Waals surface area contributed by atoms with Gasteiger partial charge in [0.2, 0.25) is 0 Å². The Morgan fingerprint density at radius 2 is 1.73 bits per heavy atom. The molecule has 1 aromatic heterocycles. The number of ether oxygens (including phenoxy) is 1. The van der Waals surface area contributed by atoms with Gasteiger partial charge in [0.15, 0.2) is 0 Å². The van der Waals surface area contributed by atoms with Crippen molar-refractivity contribution in [2.24, 2.45) is 0 Å². The van der Waals surface area contributed by atoms with Gasteiger partial charge in [0.1, 0.15) is 0 Å². The summed E-state index contributed by atoms with van der Waals surface area (Å²) in [6.45, 7) is 8.68. The van der Waals surface area contributed by atoms with E-state index in [4.69, 9.17) is 16.3 Å². The summed E-state index contributed by atoms with van der Waals surface area (Å²) in [4.78, 5) is 18.4. The van der Waals surface area contributed by atoms with Crippen LogP contribution in [0.1, 0.15) is 46.1 Å². The molecule has 2 unspecified atom stereocenters. The zero-order chi connectivity index (χ0) is 28.3. The van der Waals surface area contributed by atoms with Crippen molar-refractivity contribution in [3.63, 3.8) is 0 Å². The van der Waals surface area contributed by atoms with E-state index < -0.39 is 0 Å². The number of morpholine rings is 1. The standard InChI is InChI=1S/C33H36ClN5O2/c1-23-20-27(36-33(40)30-22-35-39(24(30)2)28-11-8-26(34)9-12-28)10-13-31(23)38-15-14-29(37-16-18-41-19-17-37)21-32(38)25-6-4-3-5-7-25/h3-13,20,22,29,32H,14-19,21H2,1-2H3,(H,36,40). The number of aryl methyl sites for hydroxylation is 1. The fraction of sp³-hybridized carbons (Fsp3) is 0.333. The van der Waals surface area contributed by atoms with Crippen molar-refractivity contribution in [2.45, 2.75) is 38.8 Å². The first-order valence-electron chi connectivity index (χ1n) is 14.3. The summed E-state index contributed by atoms with van der Waals surface area (Å²) >= 11 is 6.03. The van der Waals surface area contributed by atoms with Crippen LogP contribution >= 0.6 is 11.6 Å². The molecule has 2 aliphatic heterocycles. The van der Waals surface area contributed by atoms with Crippen LogP contribution in [0.2, 0.25) is 5.02 Å². The van der Waals surface area contributed by atoms with Gasteiger partial charge < -0.3 is 15.0 Å². The van der Waals surface area contributed by atoms with E-state index in [0.717, 1.165) is 68.3 Å². The lowest BCUT2D eigenvalue weighted by molar-refractivity contribution is 0.00837. The van der Waals surface area contributed by atoms with E-state index in [-0.39, 0.29) is 5.91 Å². The van der Waals surface area contributed by atoms with E-state index in [2.05, 4.69) is 69.6 Å². The molecule has 6 rings (SSSR count). The summed E-state index contributed by atoms with van der Waals surface area (Å²) in [5, 5.41) is 8.19. The van der Waals surface area contributed by atoms with Gasteiger partial charge in [-0.1, -0.05) is 41.9 Å².